The molecule has 1 aromatic rings. The summed E-state index contributed by atoms with van der Waals surface area (Å²) in [4.78, 5) is 0. The van der Waals surface area contributed by atoms with Crippen LogP contribution in [0.5, 0.6) is 0 Å². The van der Waals surface area contributed by atoms with Crippen molar-refractivity contribution >= 4 is 0 Å². The van der Waals surface area contributed by atoms with E-state index in [4.69, 9.17) is 5.73 Å². The topological polar surface area (TPSA) is 26.0 Å². The van der Waals surface area contributed by atoms with Gasteiger partial charge in [-0.05, 0) is 42.9 Å². The van der Waals surface area contributed by atoms with Crippen molar-refractivity contribution in [3.63, 3.8) is 0 Å². The molecule has 2 unspecified atom stereocenters. The third kappa shape index (κ3) is 1.95. The van der Waals surface area contributed by atoms with Crippen LogP contribution in [0, 0.1) is 11.7 Å². The maximum Gasteiger partial charge on any atom is 0.123 e. The van der Waals surface area contributed by atoms with Crippen LogP contribution in [0.4, 0.5) is 4.39 Å². The molecule has 1 saturated carbocycles. The molecule has 2 N–H and O–H groups in total. The number of hydrogen-bond acceptors (Lipinski definition) is 1. The Labute approximate surface area is 84.1 Å². The van der Waals surface area contributed by atoms with E-state index in [0.717, 1.165) is 24.8 Å². The molecule has 76 valence electrons. The van der Waals surface area contributed by atoms with Gasteiger partial charge in [0.2, 0.25) is 0 Å². The van der Waals surface area contributed by atoms with Gasteiger partial charge in [-0.15, -0.1) is 0 Å². The van der Waals surface area contributed by atoms with Crippen LogP contribution < -0.4 is 5.73 Å². The first kappa shape index (κ1) is 9.66. The molecule has 0 aliphatic heterocycles. The van der Waals surface area contributed by atoms with Gasteiger partial charge in [0.1, 0.15) is 5.82 Å². The third-order valence-corrected chi connectivity index (χ3v) is 3.28. The molecule has 0 saturated heterocycles. The van der Waals surface area contributed by atoms with E-state index in [2.05, 4.69) is 6.92 Å². The van der Waals surface area contributed by atoms with E-state index in [0.29, 0.717) is 5.92 Å². The zero-order chi connectivity index (χ0) is 10.2. The Morgan fingerprint density at radius 3 is 2.86 bits per heavy atom. The van der Waals surface area contributed by atoms with Crippen LogP contribution in [0.3, 0.4) is 0 Å². The fourth-order valence-electron chi connectivity index (χ4n) is 1.93. The van der Waals surface area contributed by atoms with Gasteiger partial charge < -0.3 is 5.73 Å². The molecule has 0 aromatic heterocycles. The van der Waals surface area contributed by atoms with Crippen molar-refractivity contribution in [1.82, 2.24) is 0 Å². The molecule has 1 aliphatic rings. The van der Waals surface area contributed by atoms with E-state index < -0.39 is 0 Å². The van der Waals surface area contributed by atoms with Crippen LogP contribution in [0.2, 0.25) is 0 Å². The Hall–Kier alpha value is -0.890. The molecule has 0 spiro atoms. The molecule has 2 atom stereocenters. The van der Waals surface area contributed by atoms with E-state index in [1.165, 1.54) is 6.07 Å². The highest BCUT2D eigenvalue weighted by Gasteiger charge is 2.46. The molecule has 1 fully saturated rings. The van der Waals surface area contributed by atoms with E-state index >= 15 is 0 Å². The zero-order valence-electron chi connectivity index (χ0n) is 8.46. The van der Waals surface area contributed by atoms with Crippen molar-refractivity contribution in [3.05, 3.63) is 35.6 Å². The Bertz CT molecular complexity index is 337. The average molecular weight is 193 g/mol. The number of nitrogens with two attached hydrogens (primary N) is 1. The molecule has 2 rings (SSSR count). The minimum absolute atomic E-state index is 0.0340. The fraction of sp³-hybridized carbons (Fsp3) is 0.500. The summed E-state index contributed by atoms with van der Waals surface area (Å²) in [5, 5.41) is 0. The van der Waals surface area contributed by atoms with Crippen molar-refractivity contribution in [3.8, 4) is 0 Å². The predicted octanol–water partition coefficient (Wildman–Crippen LogP) is 2.50. The van der Waals surface area contributed by atoms with Crippen LogP contribution in [-0.2, 0) is 6.42 Å². The van der Waals surface area contributed by atoms with Gasteiger partial charge in [-0.2, -0.15) is 0 Å². The molecule has 1 aliphatic carbocycles. The summed E-state index contributed by atoms with van der Waals surface area (Å²) < 4.78 is 12.8. The lowest BCUT2D eigenvalue weighted by atomic mass is 10.0. The number of halogens is 1. The van der Waals surface area contributed by atoms with Crippen LogP contribution in [0.15, 0.2) is 24.3 Å². The molecule has 1 aromatic carbocycles. The molecule has 14 heavy (non-hydrogen) atoms. The Morgan fingerprint density at radius 2 is 2.29 bits per heavy atom. The standard InChI is InChI=1S/C12H16FN/c1-9-8-12(9,14)6-5-10-3-2-4-11(13)7-10/h2-4,7,9H,5-6,8,14H2,1H3. The van der Waals surface area contributed by atoms with Gasteiger partial charge in [-0.25, -0.2) is 4.39 Å². The molecule has 1 nitrogen and oxygen atoms in total. The van der Waals surface area contributed by atoms with Crippen molar-refractivity contribution in [2.45, 2.75) is 31.7 Å². The summed E-state index contributed by atoms with van der Waals surface area (Å²) in [7, 11) is 0. The molecule has 2 heteroatoms. The van der Waals surface area contributed by atoms with Gasteiger partial charge in [0.15, 0.2) is 0 Å². The van der Waals surface area contributed by atoms with Crippen LogP contribution in [-0.4, -0.2) is 5.54 Å². The largest absolute Gasteiger partial charge is 0.325 e. The molecule has 0 amide bonds. The summed E-state index contributed by atoms with van der Waals surface area (Å²) in [6.45, 7) is 2.17. The first-order valence-corrected chi connectivity index (χ1v) is 5.13. The van der Waals surface area contributed by atoms with Gasteiger partial charge in [-0.3, -0.25) is 0 Å². The molecular weight excluding hydrogens is 177 g/mol. The first-order valence-electron chi connectivity index (χ1n) is 5.13. The van der Waals surface area contributed by atoms with Gasteiger partial charge in [0.25, 0.3) is 0 Å². The van der Waals surface area contributed by atoms with E-state index in [1.807, 2.05) is 6.07 Å². The lowest BCUT2D eigenvalue weighted by Gasteiger charge is -2.09. The lowest BCUT2D eigenvalue weighted by Crippen LogP contribution is -2.24. The summed E-state index contributed by atoms with van der Waals surface area (Å²) in [5.41, 5.74) is 7.17. The minimum atomic E-state index is -0.155. The third-order valence-electron chi connectivity index (χ3n) is 3.28. The smallest absolute Gasteiger partial charge is 0.123 e. The second-order valence-electron chi connectivity index (χ2n) is 4.47. The number of hydrogen-bond donors (Lipinski definition) is 1. The summed E-state index contributed by atoms with van der Waals surface area (Å²) in [5.74, 6) is 0.480. The SMILES string of the molecule is CC1CC1(N)CCc1cccc(F)c1. The van der Waals surface area contributed by atoms with E-state index in [9.17, 15) is 4.39 Å². The van der Waals surface area contributed by atoms with Crippen molar-refractivity contribution in [2.24, 2.45) is 11.7 Å². The zero-order valence-corrected chi connectivity index (χ0v) is 8.46. The minimum Gasteiger partial charge on any atom is -0.325 e. The van der Waals surface area contributed by atoms with E-state index in [-0.39, 0.29) is 11.4 Å². The average Bonchev–Trinajstić information content (AvgIpc) is 2.72. The molecular formula is C12H16FN. The molecule has 0 bridgehead atoms. The number of rotatable bonds is 3. The first-order chi connectivity index (χ1) is 6.60. The van der Waals surface area contributed by atoms with Crippen LogP contribution in [0.25, 0.3) is 0 Å². The highest BCUT2D eigenvalue weighted by atomic mass is 19.1. The van der Waals surface area contributed by atoms with Gasteiger partial charge in [0, 0.05) is 5.54 Å². The molecule has 0 radical (unpaired) electrons. The van der Waals surface area contributed by atoms with Crippen molar-refractivity contribution < 1.29 is 4.39 Å². The maximum absolute atomic E-state index is 12.8. The number of aryl methyl sites for hydroxylation is 1. The van der Waals surface area contributed by atoms with Crippen molar-refractivity contribution in [1.29, 1.82) is 0 Å². The highest BCUT2D eigenvalue weighted by Crippen LogP contribution is 2.43. The predicted molar refractivity (Wildman–Crippen MR) is 55.4 cm³/mol. The Morgan fingerprint density at radius 1 is 1.57 bits per heavy atom. The molecule has 0 heterocycles. The fourth-order valence-corrected chi connectivity index (χ4v) is 1.93. The highest BCUT2D eigenvalue weighted by molar-refractivity contribution is 5.18. The summed E-state index contributed by atoms with van der Waals surface area (Å²) in [6.07, 6.45) is 2.97. The van der Waals surface area contributed by atoms with Crippen molar-refractivity contribution in [2.75, 3.05) is 0 Å². The monoisotopic (exact) mass is 193 g/mol. The van der Waals surface area contributed by atoms with Gasteiger partial charge in [-0.1, -0.05) is 19.1 Å². The second kappa shape index (κ2) is 3.35. The maximum atomic E-state index is 12.8. The summed E-state index contributed by atoms with van der Waals surface area (Å²) >= 11 is 0. The Balaban J connectivity index is 1.92. The van der Waals surface area contributed by atoms with E-state index in [1.54, 1.807) is 12.1 Å². The van der Waals surface area contributed by atoms with Gasteiger partial charge in [0.05, 0.1) is 0 Å². The second-order valence-corrected chi connectivity index (χ2v) is 4.47. The quantitative estimate of drug-likeness (QED) is 0.784. The Kier molecular flexibility index (Phi) is 2.31. The summed E-state index contributed by atoms with van der Waals surface area (Å²) in [6, 6.07) is 6.78. The van der Waals surface area contributed by atoms with Gasteiger partial charge >= 0.3 is 0 Å². The normalized spacial score (nSPS) is 30.4. The number of benzene rings is 1. The van der Waals surface area contributed by atoms with Crippen LogP contribution >= 0.6 is 0 Å². The lowest BCUT2D eigenvalue weighted by molar-refractivity contribution is 0.562. The van der Waals surface area contributed by atoms with Crippen LogP contribution in [0.1, 0.15) is 25.3 Å².